The van der Waals surface area contributed by atoms with Gasteiger partial charge in [0.05, 0.1) is 19.0 Å². The van der Waals surface area contributed by atoms with E-state index in [1.54, 1.807) is 30.7 Å². The molecule has 0 bridgehead atoms. The van der Waals surface area contributed by atoms with Gasteiger partial charge in [0.15, 0.2) is 23.0 Å². The van der Waals surface area contributed by atoms with Crippen molar-refractivity contribution in [2.24, 2.45) is 5.92 Å². The van der Waals surface area contributed by atoms with E-state index in [9.17, 15) is 9.18 Å². The Bertz CT molecular complexity index is 1430. The van der Waals surface area contributed by atoms with Gasteiger partial charge in [-0.1, -0.05) is 0 Å². The van der Waals surface area contributed by atoms with Gasteiger partial charge in [0.1, 0.15) is 0 Å². The summed E-state index contributed by atoms with van der Waals surface area (Å²) >= 11 is 0. The number of hydrogen-bond donors (Lipinski definition) is 1. The molecule has 9 heteroatoms. The first-order chi connectivity index (χ1) is 17.9. The topological polar surface area (TPSA) is 81.0 Å². The number of rotatable bonds is 7. The van der Waals surface area contributed by atoms with Crippen molar-refractivity contribution < 1.29 is 18.7 Å². The maximum Gasteiger partial charge on any atom is 0.253 e. The molecule has 1 aliphatic heterocycles. The van der Waals surface area contributed by atoms with Crippen LogP contribution in [0.3, 0.4) is 0 Å². The van der Waals surface area contributed by atoms with Gasteiger partial charge in [-0.3, -0.25) is 9.20 Å². The van der Waals surface area contributed by atoms with Gasteiger partial charge in [-0.2, -0.15) is 0 Å². The van der Waals surface area contributed by atoms with Crippen molar-refractivity contribution in [2.75, 3.05) is 39.2 Å². The highest BCUT2D eigenvalue weighted by atomic mass is 19.1. The summed E-state index contributed by atoms with van der Waals surface area (Å²) in [5.74, 6) is 0.794. The number of benzene rings is 2. The van der Waals surface area contributed by atoms with E-state index >= 15 is 0 Å². The highest BCUT2D eigenvalue weighted by Crippen LogP contribution is 2.29. The molecule has 2 aromatic heterocycles. The zero-order valence-electron chi connectivity index (χ0n) is 21.2. The number of nitrogens with one attached hydrogen (secondary N) is 1. The van der Waals surface area contributed by atoms with Crippen LogP contribution in [0.2, 0.25) is 0 Å². The Hall–Kier alpha value is -3.98. The number of halogens is 1. The van der Waals surface area contributed by atoms with Gasteiger partial charge < -0.3 is 19.7 Å². The largest absolute Gasteiger partial charge is 0.494 e. The molecular formula is C28H30FN5O3. The third-order valence-corrected chi connectivity index (χ3v) is 6.81. The average molecular weight is 504 g/mol. The molecule has 0 spiro atoms. The zero-order chi connectivity index (χ0) is 25.9. The minimum Gasteiger partial charge on any atom is -0.494 e. The Labute approximate surface area is 215 Å². The van der Waals surface area contributed by atoms with Crippen molar-refractivity contribution in [2.45, 2.75) is 19.8 Å². The van der Waals surface area contributed by atoms with Crippen molar-refractivity contribution in [3.05, 3.63) is 71.9 Å². The number of amides is 1. The average Bonchev–Trinajstić information content (AvgIpc) is 3.34. The summed E-state index contributed by atoms with van der Waals surface area (Å²) in [5, 5.41) is 3.32. The van der Waals surface area contributed by atoms with Crippen LogP contribution in [0.1, 0.15) is 28.8 Å². The van der Waals surface area contributed by atoms with E-state index in [0.717, 1.165) is 49.5 Å². The summed E-state index contributed by atoms with van der Waals surface area (Å²) in [5.41, 5.74) is 4.34. The van der Waals surface area contributed by atoms with Crippen LogP contribution >= 0.6 is 0 Å². The van der Waals surface area contributed by atoms with E-state index in [1.807, 2.05) is 41.5 Å². The summed E-state index contributed by atoms with van der Waals surface area (Å²) in [6.45, 7) is 4.19. The Morgan fingerprint density at radius 3 is 2.76 bits per heavy atom. The van der Waals surface area contributed by atoms with Crippen molar-refractivity contribution >= 4 is 23.1 Å². The second-order valence-electron chi connectivity index (χ2n) is 9.36. The molecule has 4 aromatic rings. The van der Waals surface area contributed by atoms with Gasteiger partial charge in [0.2, 0.25) is 0 Å². The van der Waals surface area contributed by atoms with Crippen LogP contribution in [0, 0.1) is 18.7 Å². The molecule has 1 amide bonds. The lowest BCUT2D eigenvalue weighted by atomic mass is 9.99. The molecule has 0 unspecified atom stereocenters. The third-order valence-electron chi connectivity index (χ3n) is 6.81. The van der Waals surface area contributed by atoms with Crippen LogP contribution in [0.5, 0.6) is 5.75 Å². The number of carbonyl (C=O) groups is 1. The maximum absolute atomic E-state index is 14.3. The number of nitrogens with zero attached hydrogens (tertiary/aromatic N) is 4. The Balaban J connectivity index is 1.35. The van der Waals surface area contributed by atoms with Crippen molar-refractivity contribution in [1.82, 2.24) is 19.3 Å². The Kier molecular flexibility index (Phi) is 7.05. The van der Waals surface area contributed by atoms with E-state index < -0.39 is 5.82 Å². The predicted octanol–water partition coefficient (Wildman–Crippen LogP) is 5.09. The summed E-state index contributed by atoms with van der Waals surface area (Å²) in [7, 11) is 3.30. The fourth-order valence-corrected chi connectivity index (χ4v) is 4.77. The van der Waals surface area contributed by atoms with E-state index in [4.69, 9.17) is 9.47 Å². The third kappa shape index (κ3) is 5.13. The standard InChI is InChI=1S/C28H30FN5O3/c1-18-14-21(5-6-22(18)28(35)33(2)17-19-8-12-37-13-9-19)32-26-27-31-16-24(34(27)11-10-30-26)20-4-7-25(36-3)23(29)15-20/h4-7,10-11,14-16,19H,8-9,12-13,17H2,1-3H3,(H,30,32). The molecule has 0 saturated carbocycles. The van der Waals surface area contributed by atoms with Gasteiger partial charge in [-0.05, 0) is 67.6 Å². The van der Waals surface area contributed by atoms with Crippen LogP contribution in [0.15, 0.2) is 55.0 Å². The fraction of sp³-hybridized carbons (Fsp3) is 0.321. The van der Waals surface area contributed by atoms with Crippen LogP contribution in [-0.2, 0) is 4.74 Å². The van der Waals surface area contributed by atoms with Gasteiger partial charge in [-0.25, -0.2) is 14.4 Å². The number of hydrogen-bond acceptors (Lipinski definition) is 6. The molecule has 3 heterocycles. The minimum absolute atomic E-state index is 0.0143. The quantitative estimate of drug-likeness (QED) is 0.378. The van der Waals surface area contributed by atoms with Gasteiger partial charge >= 0.3 is 0 Å². The lowest BCUT2D eigenvalue weighted by Crippen LogP contribution is -2.34. The summed E-state index contributed by atoms with van der Waals surface area (Å²) in [6.07, 6.45) is 7.11. The number of methoxy groups -OCH3 is 1. The van der Waals surface area contributed by atoms with Gasteiger partial charge in [-0.15, -0.1) is 0 Å². The molecular weight excluding hydrogens is 473 g/mol. The number of carbonyl (C=O) groups excluding carboxylic acids is 1. The number of aromatic nitrogens is 3. The number of imidazole rings is 1. The molecule has 5 rings (SSSR count). The maximum atomic E-state index is 14.3. The smallest absolute Gasteiger partial charge is 0.253 e. The molecule has 0 radical (unpaired) electrons. The molecule has 1 saturated heterocycles. The van der Waals surface area contributed by atoms with Crippen LogP contribution in [0.4, 0.5) is 15.9 Å². The Morgan fingerprint density at radius 1 is 1.22 bits per heavy atom. The lowest BCUT2D eigenvalue weighted by molar-refractivity contribution is 0.0497. The van der Waals surface area contributed by atoms with Crippen molar-refractivity contribution in [3.8, 4) is 17.0 Å². The van der Waals surface area contributed by atoms with E-state index in [1.165, 1.54) is 13.2 Å². The first-order valence-electron chi connectivity index (χ1n) is 12.3. The zero-order valence-corrected chi connectivity index (χ0v) is 21.2. The van der Waals surface area contributed by atoms with E-state index in [-0.39, 0.29) is 11.7 Å². The number of fused-ring (bicyclic) bond motifs is 1. The fourth-order valence-electron chi connectivity index (χ4n) is 4.77. The number of anilines is 2. The number of aryl methyl sites for hydroxylation is 1. The number of ether oxygens (including phenoxy) is 2. The molecule has 8 nitrogen and oxygen atoms in total. The normalized spacial score (nSPS) is 14.1. The molecule has 37 heavy (non-hydrogen) atoms. The summed E-state index contributed by atoms with van der Waals surface area (Å²) < 4.78 is 26.6. The molecule has 0 aliphatic carbocycles. The Morgan fingerprint density at radius 2 is 2.03 bits per heavy atom. The molecule has 2 aromatic carbocycles. The first kappa shape index (κ1) is 24.7. The molecule has 1 N–H and O–H groups in total. The van der Waals surface area contributed by atoms with Crippen molar-refractivity contribution in [1.29, 1.82) is 0 Å². The van der Waals surface area contributed by atoms with Crippen LogP contribution in [-0.4, -0.2) is 59.1 Å². The SMILES string of the molecule is COc1ccc(-c2cnc3c(Nc4ccc(C(=O)N(C)CC5CCOCC5)c(C)c4)nccn23)cc1F. The van der Waals surface area contributed by atoms with Gasteiger partial charge in [0.25, 0.3) is 5.91 Å². The van der Waals surface area contributed by atoms with E-state index in [2.05, 4.69) is 15.3 Å². The monoisotopic (exact) mass is 503 g/mol. The highest BCUT2D eigenvalue weighted by Gasteiger charge is 2.21. The molecule has 1 fully saturated rings. The van der Waals surface area contributed by atoms with Crippen LogP contribution in [0.25, 0.3) is 16.9 Å². The second-order valence-corrected chi connectivity index (χ2v) is 9.36. The summed E-state index contributed by atoms with van der Waals surface area (Å²) in [4.78, 5) is 23.9. The van der Waals surface area contributed by atoms with E-state index in [0.29, 0.717) is 28.5 Å². The molecule has 192 valence electrons. The molecule has 0 atom stereocenters. The van der Waals surface area contributed by atoms with Gasteiger partial charge in [0, 0.05) is 56.0 Å². The van der Waals surface area contributed by atoms with Crippen molar-refractivity contribution in [3.63, 3.8) is 0 Å². The molecule has 1 aliphatic rings. The van der Waals surface area contributed by atoms with Crippen LogP contribution < -0.4 is 10.1 Å². The summed E-state index contributed by atoms with van der Waals surface area (Å²) in [6, 6.07) is 10.5. The highest BCUT2D eigenvalue weighted by molar-refractivity contribution is 5.96. The predicted molar refractivity (Wildman–Crippen MR) is 140 cm³/mol. The second kappa shape index (κ2) is 10.6. The minimum atomic E-state index is -0.439. The lowest BCUT2D eigenvalue weighted by Gasteiger charge is -2.27. The first-order valence-corrected chi connectivity index (χ1v) is 12.3.